The van der Waals surface area contributed by atoms with E-state index in [1.165, 1.54) is 11.1 Å². The van der Waals surface area contributed by atoms with Gasteiger partial charge >= 0.3 is 0 Å². The van der Waals surface area contributed by atoms with Gasteiger partial charge in [0, 0.05) is 25.5 Å². The minimum absolute atomic E-state index is 0.583. The normalized spacial score (nSPS) is 13.9. The van der Waals surface area contributed by atoms with Crippen LogP contribution in [-0.2, 0) is 13.0 Å². The Morgan fingerprint density at radius 1 is 1.05 bits per heavy atom. The third-order valence-corrected chi connectivity index (χ3v) is 4.02. The number of aromatic nitrogens is 4. The van der Waals surface area contributed by atoms with Crippen molar-refractivity contribution in [3.8, 4) is 5.82 Å². The summed E-state index contributed by atoms with van der Waals surface area (Å²) in [5, 5.41) is 0. The number of nitrogen functional groups attached to an aromatic ring is 1. The predicted octanol–water partition coefficient (Wildman–Crippen LogP) is 1.81. The van der Waals surface area contributed by atoms with Gasteiger partial charge in [0.05, 0.1) is 0 Å². The molecule has 0 aliphatic carbocycles. The smallest absolute Gasteiger partial charge is 0.166 e. The van der Waals surface area contributed by atoms with E-state index >= 15 is 0 Å². The lowest BCUT2D eigenvalue weighted by Gasteiger charge is -2.30. The van der Waals surface area contributed by atoms with Crippen LogP contribution in [0.4, 0.5) is 11.5 Å². The van der Waals surface area contributed by atoms with E-state index in [0.29, 0.717) is 11.5 Å². The average molecular weight is 292 g/mol. The lowest BCUT2D eigenvalue weighted by Crippen LogP contribution is -2.32. The van der Waals surface area contributed by atoms with Gasteiger partial charge in [-0.1, -0.05) is 24.3 Å². The van der Waals surface area contributed by atoms with Crippen LogP contribution in [0.15, 0.2) is 49.3 Å². The summed E-state index contributed by atoms with van der Waals surface area (Å²) in [5.74, 6) is 1.45. The summed E-state index contributed by atoms with van der Waals surface area (Å²) in [4.78, 5) is 14.9. The molecule has 110 valence electrons. The minimum atomic E-state index is 0.583. The molecule has 3 heterocycles. The van der Waals surface area contributed by atoms with Gasteiger partial charge in [-0.3, -0.25) is 4.57 Å². The first-order valence-corrected chi connectivity index (χ1v) is 7.23. The van der Waals surface area contributed by atoms with Crippen LogP contribution in [0.3, 0.4) is 0 Å². The molecule has 22 heavy (non-hydrogen) atoms. The second-order valence-electron chi connectivity index (χ2n) is 5.34. The highest BCUT2D eigenvalue weighted by Gasteiger charge is 2.20. The zero-order valence-electron chi connectivity index (χ0n) is 12.1. The molecule has 3 aromatic rings. The maximum absolute atomic E-state index is 6.31. The molecule has 1 aliphatic heterocycles. The van der Waals surface area contributed by atoms with Gasteiger partial charge in [0.1, 0.15) is 18.3 Å². The molecule has 0 saturated carbocycles. The molecule has 4 rings (SSSR count). The van der Waals surface area contributed by atoms with Gasteiger partial charge in [0.15, 0.2) is 11.6 Å². The maximum atomic E-state index is 6.31. The fraction of sp³-hybridized carbons (Fsp3) is 0.188. The summed E-state index contributed by atoms with van der Waals surface area (Å²) in [7, 11) is 0. The Bertz CT molecular complexity index is 796. The van der Waals surface area contributed by atoms with E-state index < -0.39 is 0 Å². The van der Waals surface area contributed by atoms with Crippen molar-refractivity contribution in [1.29, 1.82) is 0 Å². The first kappa shape index (κ1) is 12.8. The molecule has 0 bridgehead atoms. The second-order valence-corrected chi connectivity index (χ2v) is 5.34. The van der Waals surface area contributed by atoms with Gasteiger partial charge < -0.3 is 10.6 Å². The van der Waals surface area contributed by atoms with E-state index in [2.05, 4.69) is 44.1 Å². The van der Waals surface area contributed by atoms with E-state index in [4.69, 9.17) is 5.73 Å². The molecule has 0 radical (unpaired) electrons. The van der Waals surface area contributed by atoms with Crippen molar-refractivity contribution < 1.29 is 0 Å². The first-order chi connectivity index (χ1) is 10.8. The molecule has 1 aromatic carbocycles. The number of fused-ring (bicyclic) bond motifs is 1. The van der Waals surface area contributed by atoms with Crippen LogP contribution in [0.2, 0.25) is 0 Å². The highest BCUT2D eigenvalue weighted by molar-refractivity contribution is 5.70. The van der Waals surface area contributed by atoms with Crippen LogP contribution in [0.5, 0.6) is 0 Å². The van der Waals surface area contributed by atoms with Crippen molar-refractivity contribution in [2.75, 3.05) is 17.2 Å². The first-order valence-electron chi connectivity index (χ1n) is 7.23. The Morgan fingerprint density at radius 3 is 2.68 bits per heavy atom. The van der Waals surface area contributed by atoms with Crippen molar-refractivity contribution in [3.63, 3.8) is 0 Å². The van der Waals surface area contributed by atoms with Gasteiger partial charge in [-0.15, -0.1) is 0 Å². The van der Waals surface area contributed by atoms with Crippen molar-refractivity contribution >= 4 is 11.5 Å². The van der Waals surface area contributed by atoms with Crippen LogP contribution >= 0.6 is 0 Å². The van der Waals surface area contributed by atoms with Crippen molar-refractivity contribution in [3.05, 3.63) is 60.4 Å². The maximum Gasteiger partial charge on any atom is 0.166 e. The third-order valence-electron chi connectivity index (χ3n) is 4.02. The van der Waals surface area contributed by atoms with Crippen molar-refractivity contribution in [2.24, 2.45) is 0 Å². The Hall–Kier alpha value is -2.89. The Labute approximate surface area is 128 Å². The number of hydrogen-bond acceptors (Lipinski definition) is 5. The summed E-state index contributed by atoms with van der Waals surface area (Å²) in [6.07, 6.45) is 7.78. The highest BCUT2D eigenvalue weighted by Crippen LogP contribution is 2.29. The van der Waals surface area contributed by atoms with Crippen molar-refractivity contribution in [2.45, 2.75) is 13.0 Å². The number of benzene rings is 1. The number of nitrogens with zero attached hydrogens (tertiary/aromatic N) is 5. The molecule has 0 atom stereocenters. The van der Waals surface area contributed by atoms with E-state index in [9.17, 15) is 0 Å². The van der Waals surface area contributed by atoms with Gasteiger partial charge in [0.2, 0.25) is 0 Å². The zero-order chi connectivity index (χ0) is 14.9. The lowest BCUT2D eigenvalue weighted by atomic mass is 10.00. The van der Waals surface area contributed by atoms with Crippen molar-refractivity contribution in [1.82, 2.24) is 19.5 Å². The van der Waals surface area contributed by atoms with E-state index in [0.717, 1.165) is 25.3 Å². The molecular formula is C16H16N6. The molecule has 6 nitrogen and oxygen atoms in total. The minimum Gasteiger partial charge on any atom is -0.393 e. The predicted molar refractivity (Wildman–Crippen MR) is 84.8 cm³/mol. The summed E-state index contributed by atoms with van der Waals surface area (Å²) in [6, 6.07) is 8.51. The lowest BCUT2D eigenvalue weighted by molar-refractivity contribution is 0.719. The SMILES string of the molecule is Nc1c(N2CCc3ccccc3C2)ncnc1-n1ccnc1. The van der Waals surface area contributed by atoms with Gasteiger partial charge in [-0.2, -0.15) is 0 Å². The highest BCUT2D eigenvalue weighted by atomic mass is 15.2. The summed E-state index contributed by atoms with van der Waals surface area (Å²) >= 11 is 0. The molecular weight excluding hydrogens is 276 g/mol. The van der Waals surface area contributed by atoms with E-state index in [1.54, 1.807) is 23.4 Å². The monoisotopic (exact) mass is 292 g/mol. The quantitative estimate of drug-likeness (QED) is 0.780. The number of hydrogen-bond donors (Lipinski definition) is 1. The molecule has 6 heteroatoms. The Morgan fingerprint density at radius 2 is 1.86 bits per heavy atom. The molecule has 0 unspecified atom stereocenters. The van der Waals surface area contributed by atoms with Crippen LogP contribution < -0.4 is 10.6 Å². The average Bonchev–Trinajstić information content (AvgIpc) is 3.09. The van der Waals surface area contributed by atoms with Gasteiger partial charge in [-0.05, 0) is 17.5 Å². The molecule has 0 amide bonds. The van der Waals surface area contributed by atoms with Crippen LogP contribution in [-0.4, -0.2) is 26.1 Å². The molecule has 0 fully saturated rings. The van der Waals surface area contributed by atoms with Crippen LogP contribution in [0.1, 0.15) is 11.1 Å². The summed E-state index contributed by atoms with van der Waals surface area (Å²) in [5.41, 5.74) is 9.63. The number of anilines is 2. The number of nitrogens with two attached hydrogens (primary N) is 1. The Balaban J connectivity index is 1.71. The van der Waals surface area contributed by atoms with Crippen LogP contribution in [0, 0.1) is 0 Å². The zero-order valence-corrected chi connectivity index (χ0v) is 12.1. The van der Waals surface area contributed by atoms with E-state index in [1.807, 2.05) is 6.20 Å². The number of rotatable bonds is 2. The molecule has 2 aromatic heterocycles. The topological polar surface area (TPSA) is 72.9 Å². The number of imidazole rings is 1. The Kier molecular flexibility index (Phi) is 3.00. The van der Waals surface area contributed by atoms with E-state index in [-0.39, 0.29) is 0 Å². The summed E-state index contributed by atoms with van der Waals surface area (Å²) < 4.78 is 1.80. The van der Waals surface area contributed by atoms with Crippen LogP contribution in [0.25, 0.3) is 5.82 Å². The second kappa shape index (κ2) is 5.14. The largest absolute Gasteiger partial charge is 0.393 e. The third kappa shape index (κ3) is 2.09. The fourth-order valence-corrected chi connectivity index (χ4v) is 2.90. The van der Waals surface area contributed by atoms with Gasteiger partial charge in [0.25, 0.3) is 0 Å². The fourth-order valence-electron chi connectivity index (χ4n) is 2.90. The molecule has 2 N–H and O–H groups in total. The molecule has 1 aliphatic rings. The standard InChI is InChI=1S/C16H16N6/c17-14-15(19-10-20-16(14)22-8-6-18-11-22)21-7-5-12-3-1-2-4-13(12)9-21/h1-4,6,8,10-11H,5,7,9,17H2. The summed E-state index contributed by atoms with van der Waals surface area (Å²) in [6.45, 7) is 1.72. The molecule has 0 saturated heterocycles. The van der Waals surface area contributed by atoms with Gasteiger partial charge in [-0.25, -0.2) is 15.0 Å². The molecule has 0 spiro atoms.